The van der Waals surface area contributed by atoms with Crippen molar-refractivity contribution in [2.45, 2.75) is 19.8 Å². The molecule has 22 heavy (non-hydrogen) atoms. The van der Waals surface area contributed by atoms with Crippen molar-refractivity contribution >= 4 is 33.8 Å². The van der Waals surface area contributed by atoms with Crippen LogP contribution in [0.1, 0.15) is 19.1 Å². The van der Waals surface area contributed by atoms with Crippen LogP contribution in [0.5, 0.6) is 0 Å². The third-order valence-electron chi connectivity index (χ3n) is 3.92. The largest absolute Gasteiger partial charge is 0.461 e. The number of amides is 1. The van der Waals surface area contributed by atoms with E-state index in [4.69, 9.17) is 4.42 Å². The Morgan fingerprint density at radius 3 is 3.00 bits per heavy atom. The summed E-state index contributed by atoms with van der Waals surface area (Å²) in [4.78, 5) is 24.9. The number of fused-ring (bicyclic) bond motifs is 1. The fourth-order valence-corrected chi connectivity index (χ4v) is 3.52. The minimum absolute atomic E-state index is 0.119. The van der Waals surface area contributed by atoms with Gasteiger partial charge in [0.2, 0.25) is 5.91 Å². The lowest BCUT2D eigenvalue weighted by Crippen LogP contribution is -2.27. The fourth-order valence-electron chi connectivity index (χ4n) is 2.82. The fraction of sp³-hybridized carbons (Fsp3) is 0.412. The molecule has 0 N–H and O–H groups in total. The maximum absolute atomic E-state index is 12.0. The van der Waals surface area contributed by atoms with Gasteiger partial charge in [-0.05, 0) is 18.1 Å². The molecule has 0 saturated carbocycles. The van der Waals surface area contributed by atoms with E-state index in [2.05, 4.69) is 0 Å². The average Bonchev–Trinajstić information content (AvgIpc) is 3.05. The van der Waals surface area contributed by atoms with Crippen LogP contribution in [0.4, 0.5) is 0 Å². The first kappa shape index (κ1) is 15.2. The highest BCUT2D eigenvalue weighted by Gasteiger charge is 2.29. The van der Waals surface area contributed by atoms with Crippen LogP contribution >= 0.6 is 11.8 Å². The zero-order chi connectivity index (χ0) is 15.5. The molecule has 1 aromatic carbocycles. The predicted octanol–water partition coefficient (Wildman–Crippen LogP) is 3.10. The normalized spacial score (nSPS) is 18.3. The number of benzene rings is 1. The van der Waals surface area contributed by atoms with Gasteiger partial charge in [0.05, 0.1) is 0 Å². The molecule has 5 heteroatoms. The molecule has 0 radical (unpaired) electrons. The number of nitrogens with zero attached hydrogens (tertiary/aromatic N) is 1. The van der Waals surface area contributed by atoms with E-state index in [1.54, 1.807) is 6.92 Å². The zero-order valence-corrected chi connectivity index (χ0v) is 13.4. The van der Waals surface area contributed by atoms with Gasteiger partial charge in [-0.25, -0.2) is 0 Å². The predicted molar refractivity (Wildman–Crippen MR) is 87.7 cm³/mol. The summed E-state index contributed by atoms with van der Waals surface area (Å²) in [5.74, 6) is 2.13. The molecule has 1 saturated heterocycles. The van der Waals surface area contributed by atoms with Crippen LogP contribution in [0.25, 0.3) is 11.0 Å². The smallest absolute Gasteiger partial charge is 0.222 e. The van der Waals surface area contributed by atoms with E-state index in [0.717, 1.165) is 35.4 Å². The van der Waals surface area contributed by atoms with Gasteiger partial charge in [-0.15, -0.1) is 0 Å². The lowest BCUT2D eigenvalue weighted by Gasteiger charge is -2.15. The second kappa shape index (κ2) is 6.57. The molecule has 0 spiro atoms. The molecule has 2 heterocycles. The van der Waals surface area contributed by atoms with Crippen molar-refractivity contribution in [2.75, 3.05) is 18.8 Å². The van der Waals surface area contributed by atoms with Gasteiger partial charge in [0, 0.05) is 44.0 Å². The molecular formula is C17H19NO3S. The molecule has 1 amide bonds. The van der Waals surface area contributed by atoms with E-state index in [9.17, 15) is 9.59 Å². The number of likely N-dealkylation sites (tertiary alicyclic amines) is 1. The van der Waals surface area contributed by atoms with Gasteiger partial charge in [0.15, 0.2) is 5.12 Å². The van der Waals surface area contributed by atoms with E-state index in [1.165, 1.54) is 11.8 Å². The lowest BCUT2D eigenvalue weighted by atomic mass is 10.1. The average molecular weight is 317 g/mol. The number of hydrogen-bond donors (Lipinski definition) is 0. The number of carbonyl (C=O) groups is 2. The van der Waals surface area contributed by atoms with Crippen LogP contribution in [0, 0.1) is 5.92 Å². The minimum atomic E-state index is 0.119. The number of para-hydroxylation sites is 1. The molecule has 1 unspecified atom stereocenters. The second-order valence-corrected chi connectivity index (χ2v) is 6.91. The number of furan rings is 1. The Morgan fingerprint density at radius 2 is 2.23 bits per heavy atom. The van der Waals surface area contributed by atoms with Crippen LogP contribution < -0.4 is 0 Å². The molecule has 1 aliphatic heterocycles. The Hall–Kier alpha value is -1.75. The van der Waals surface area contributed by atoms with Crippen molar-refractivity contribution < 1.29 is 14.0 Å². The monoisotopic (exact) mass is 317 g/mol. The summed E-state index contributed by atoms with van der Waals surface area (Å²) in [5, 5.41) is 1.22. The van der Waals surface area contributed by atoms with E-state index in [1.807, 2.05) is 35.2 Å². The zero-order valence-electron chi connectivity index (χ0n) is 12.6. The molecule has 1 aromatic heterocycles. The third kappa shape index (κ3) is 3.53. The Balaban J connectivity index is 1.54. The first-order valence-electron chi connectivity index (χ1n) is 7.50. The molecule has 2 aromatic rings. The summed E-state index contributed by atoms with van der Waals surface area (Å²) >= 11 is 1.31. The Bertz CT molecular complexity index is 661. The highest BCUT2D eigenvalue weighted by Crippen LogP contribution is 2.24. The molecule has 3 rings (SSSR count). The highest BCUT2D eigenvalue weighted by atomic mass is 32.2. The molecule has 1 fully saturated rings. The maximum Gasteiger partial charge on any atom is 0.222 e. The van der Waals surface area contributed by atoms with Crippen molar-refractivity contribution in [2.24, 2.45) is 5.92 Å². The van der Waals surface area contributed by atoms with Crippen LogP contribution in [0.2, 0.25) is 0 Å². The minimum Gasteiger partial charge on any atom is -0.461 e. The standard InChI is InChI=1S/C17H19NO3S/c1-12(19)22-11-13-8-17(20)18(10-13)7-6-15-9-14-4-2-3-5-16(14)21-15/h2-5,9,13H,6-8,10-11H2,1H3. The first-order valence-corrected chi connectivity index (χ1v) is 8.49. The van der Waals surface area contributed by atoms with Gasteiger partial charge < -0.3 is 9.32 Å². The maximum atomic E-state index is 12.0. The molecule has 0 aliphatic carbocycles. The van der Waals surface area contributed by atoms with Gasteiger partial charge >= 0.3 is 0 Å². The van der Waals surface area contributed by atoms with Crippen LogP contribution in [0.3, 0.4) is 0 Å². The van der Waals surface area contributed by atoms with Gasteiger partial charge in [0.1, 0.15) is 11.3 Å². The SMILES string of the molecule is CC(=O)SCC1CC(=O)N(CCc2cc3ccccc3o2)C1. The van der Waals surface area contributed by atoms with E-state index < -0.39 is 0 Å². The lowest BCUT2D eigenvalue weighted by molar-refractivity contribution is -0.127. The van der Waals surface area contributed by atoms with Crippen LogP contribution in [-0.4, -0.2) is 34.8 Å². The second-order valence-electron chi connectivity index (χ2n) is 5.71. The number of hydrogen-bond acceptors (Lipinski definition) is 4. The van der Waals surface area contributed by atoms with Gasteiger partial charge in [-0.2, -0.15) is 0 Å². The van der Waals surface area contributed by atoms with Crippen LogP contribution in [-0.2, 0) is 16.0 Å². The third-order valence-corrected chi connectivity index (χ3v) is 4.97. The van der Waals surface area contributed by atoms with Gasteiger partial charge in [-0.3, -0.25) is 9.59 Å². The van der Waals surface area contributed by atoms with Crippen molar-refractivity contribution in [1.82, 2.24) is 4.90 Å². The Kier molecular flexibility index (Phi) is 4.52. The summed E-state index contributed by atoms with van der Waals surface area (Å²) in [5.41, 5.74) is 0.890. The van der Waals surface area contributed by atoms with Crippen molar-refractivity contribution in [1.29, 1.82) is 0 Å². The summed E-state index contributed by atoms with van der Waals surface area (Å²) in [6, 6.07) is 9.96. The summed E-state index contributed by atoms with van der Waals surface area (Å²) < 4.78 is 5.78. The molecule has 4 nitrogen and oxygen atoms in total. The molecule has 1 aliphatic rings. The summed E-state index contributed by atoms with van der Waals surface area (Å²) in [6.45, 7) is 3.00. The van der Waals surface area contributed by atoms with E-state index in [0.29, 0.717) is 13.0 Å². The Morgan fingerprint density at radius 1 is 1.41 bits per heavy atom. The molecular weight excluding hydrogens is 298 g/mol. The number of carbonyl (C=O) groups excluding carboxylic acids is 2. The Labute approximate surface area is 133 Å². The van der Waals surface area contributed by atoms with Gasteiger partial charge in [-0.1, -0.05) is 30.0 Å². The quantitative estimate of drug-likeness (QED) is 0.850. The number of rotatable bonds is 5. The van der Waals surface area contributed by atoms with E-state index >= 15 is 0 Å². The van der Waals surface area contributed by atoms with Crippen molar-refractivity contribution in [3.05, 3.63) is 36.1 Å². The highest BCUT2D eigenvalue weighted by molar-refractivity contribution is 8.13. The molecule has 116 valence electrons. The van der Waals surface area contributed by atoms with Gasteiger partial charge in [0.25, 0.3) is 0 Å². The first-order chi connectivity index (χ1) is 10.6. The molecule has 1 atom stereocenters. The van der Waals surface area contributed by atoms with Crippen LogP contribution in [0.15, 0.2) is 34.7 Å². The van der Waals surface area contributed by atoms with Crippen molar-refractivity contribution in [3.8, 4) is 0 Å². The van der Waals surface area contributed by atoms with E-state index in [-0.39, 0.29) is 16.9 Å². The molecule has 0 bridgehead atoms. The topological polar surface area (TPSA) is 50.5 Å². The summed E-state index contributed by atoms with van der Waals surface area (Å²) in [6.07, 6.45) is 1.29. The summed E-state index contributed by atoms with van der Waals surface area (Å²) in [7, 11) is 0. The van der Waals surface area contributed by atoms with Crippen molar-refractivity contribution in [3.63, 3.8) is 0 Å². The number of thioether (sulfide) groups is 1.